The second-order valence-electron chi connectivity index (χ2n) is 7.54. The number of amides is 3. The molecule has 2 fully saturated rings. The molecule has 6 heteroatoms. The van der Waals surface area contributed by atoms with Crippen LogP contribution < -0.4 is 10.6 Å². The first-order valence-corrected chi connectivity index (χ1v) is 9.04. The van der Waals surface area contributed by atoms with E-state index in [-0.39, 0.29) is 18.0 Å². The van der Waals surface area contributed by atoms with Gasteiger partial charge in [0.25, 0.3) is 5.91 Å². The number of rotatable bonds is 5. The summed E-state index contributed by atoms with van der Waals surface area (Å²) in [6.07, 6.45) is 3.70. The Kier molecular flexibility index (Phi) is 5.27. The van der Waals surface area contributed by atoms with Gasteiger partial charge in [-0.2, -0.15) is 0 Å². The third kappa shape index (κ3) is 4.72. The Hall–Kier alpha value is -2.08. The summed E-state index contributed by atoms with van der Waals surface area (Å²) >= 11 is 0. The molecule has 2 aliphatic rings. The van der Waals surface area contributed by atoms with Gasteiger partial charge in [-0.15, -0.1) is 0 Å². The average molecular weight is 344 g/mol. The second-order valence-corrected chi connectivity index (χ2v) is 7.54. The molecule has 1 aliphatic heterocycles. The number of benzene rings is 1. The van der Waals surface area contributed by atoms with Gasteiger partial charge in [0, 0.05) is 39.8 Å². The van der Waals surface area contributed by atoms with Gasteiger partial charge in [-0.3, -0.25) is 4.79 Å². The van der Waals surface area contributed by atoms with Crippen molar-refractivity contribution < 1.29 is 9.59 Å². The lowest BCUT2D eigenvalue weighted by Crippen LogP contribution is -2.38. The molecule has 1 heterocycles. The molecule has 3 amide bonds. The van der Waals surface area contributed by atoms with Gasteiger partial charge in [-0.05, 0) is 44.2 Å². The summed E-state index contributed by atoms with van der Waals surface area (Å²) in [6.45, 7) is 5.09. The van der Waals surface area contributed by atoms with Crippen molar-refractivity contribution in [1.29, 1.82) is 0 Å². The average Bonchev–Trinajstić information content (AvgIpc) is 3.27. The molecule has 0 spiro atoms. The first-order valence-electron chi connectivity index (χ1n) is 9.04. The van der Waals surface area contributed by atoms with Crippen LogP contribution >= 0.6 is 0 Å². The van der Waals surface area contributed by atoms with Crippen molar-refractivity contribution in [2.75, 3.05) is 39.0 Å². The zero-order chi connectivity index (χ0) is 18.0. The number of hydrogen-bond donors (Lipinski definition) is 2. The Morgan fingerprint density at radius 3 is 2.68 bits per heavy atom. The number of hydrogen-bond acceptors (Lipinski definition) is 3. The third-order valence-electron chi connectivity index (χ3n) is 4.89. The van der Waals surface area contributed by atoms with E-state index in [1.54, 1.807) is 20.2 Å². The fourth-order valence-corrected chi connectivity index (χ4v) is 3.23. The fourth-order valence-electron chi connectivity index (χ4n) is 3.23. The molecule has 1 saturated heterocycles. The quantitative estimate of drug-likeness (QED) is 0.861. The lowest BCUT2D eigenvalue weighted by molar-refractivity contribution is 0.0938. The van der Waals surface area contributed by atoms with Crippen molar-refractivity contribution in [2.45, 2.75) is 32.2 Å². The molecular formula is C19H28N4O2. The van der Waals surface area contributed by atoms with Crippen LogP contribution in [0.25, 0.3) is 0 Å². The zero-order valence-corrected chi connectivity index (χ0v) is 15.3. The minimum Gasteiger partial charge on any atom is -0.348 e. The molecule has 0 unspecified atom stereocenters. The molecule has 1 aliphatic carbocycles. The van der Waals surface area contributed by atoms with Gasteiger partial charge < -0.3 is 20.4 Å². The highest BCUT2D eigenvalue weighted by Gasteiger charge is 2.30. The summed E-state index contributed by atoms with van der Waals surface area (Å²) in [5, 5.41) is 5.95. The number of aryl methyl sites for hydroxylation is 1. The lowest BCUT2D eigenvalue weighted by Gasteiger charge is -2.18. The summed E-state index contributed by atoms with van der Waals surface area (Å²) in [4.78, 5) is 28.6. The van der Waals surface area contributed by atoms with E-state index in [4.69, 9.17) is 0 Å². The Labute approximate surface area is 149 Å². The number of likely N-dealkylation sites (tertiary alicyclic amines) is 1. The van der Waals surface area contributed by atoms with Crippen LogP contribution in [0.15, 0.2) is 18.2 Å². The highest BCUT2D eigenvalue weighted by atomic mass is 16.2. The molecule has 0 bridgehead atoms. The van der Waals surface area contributed by atoms with Crippen LogP contribution in [0.4, 0.5) is 10.5 Å². The summed E-state index contributed by atoms with van der Waals surface area (Å²) in [6, 6.07) is 5.46. The van der Waals surface area contributed by atoms with E-state index in [1.807, 2.05) is 19.1 Å². The summed E-state index contributed by atoms with van der Waals surface area (Å²) in [5.74, 6) is 0.759. The Morgan fingerprint density at radius 2 is 2.00 bits per heavy atom. The normalized spacial score (nSPS) is 20.4. The highest BCUT2D eigenvalue weighted by Crippen LogP contribution is 2.30. The van der Waals surface area contributed by atoms with Crippen LogP contribution in [0.5, 0.6) is 0 Å². The van der Waals surface area contributed by atoms with Gasteiger partial charge in [-0.25, -0.2) is 4.79 Å². The van der Waals surface area contributed by atoms with Crippen LogP contribution in [0.1, 0.15) is 35.2 Å². The van der Waals surface area contributed by atoms with E-state index in [1.165, 1.54) is 24.3 Å². The number of carbonyl (C=O) groups excluding carboxylic acids is 2. The smallest absolute Gasteiger partial charge is 0.321 e. The molecule has 25 heavy (non-hydrogen) atoms. The van der Waals surface area contributed by atoms with E-state index >= 15 is 0 Å². The van der Waals surface area contributed by atoms with Crippen LogP contribution in [0, 0.1) is 12.8 Å². The molecule has 0 aromatic heterocycles. The Bertz CT molecular complexity index is 655. The van der Waals surface area contributed by atoms with E-state index in [9.17, 15) is 9.59 Å². The summed E-state index contributed by atoms with van der Waals surface area (Å²) in [5.41, 5.74) is 2.07. The van der Waals surface area contributed by atoms with Crippen molar-refractivity contribution in [1.82, 2.24) is 15.1 Å². The third-order valence-corrected chi connectivity index (χ3v) is 4.89. The van der Waals surface area contributed by atoms with E-state index < -0.39 is 0 Å². The number of nitrogens with zero attached hydrogens (tertiary/aromatic N) is 2. The van der Waals surface area contributed by atoms with Gasteiger partial charge in [0.15, 0.2) is 0 Å². The maximum atomic E-state index is 12.8. The summed E-state index contributed by atoms with van der Waals surface area (Å²) in [7, 11) is 3.35. The topological polar surface area (TPSA) is 64.7 Å². The molecule has 1 aromatic carbocycles. The molecule has 0 radical (unpaired) electrons. The van der Waals surface area contributed by atoms with Crippen molar-refractivity contribution >= 4 is 17.6 Å². The minimum absolute atomic E-state index is 0.115. The first-order chi connectivity index (χ1) is 11.9. The molecule has 1 atom stereocenters. The van der Waals surface area contributed by atoms with E-state index in [0.29, 0.717) is 11.3 Å². The number of anilines is 1. The zero-order valence-electron chi connectivity index (χ0n) is 15.3. The van der Waals surface area contributed by atoms with Crippen molar-refractivity contribution in [3.8, 4) is 0 Å². The van der Waals surface area contributed by atoms with Crippen molar-refractivity contribution in [3.05, 3.63) is 29.3 Å². The molecule has 1 saturated carbocycles. The van der Waals surface area contributed by atoms with Crippen molar-refractivity contribution in [3.63, 3.8) is 0 Å². The second kappa shape index (κ2) is 7.44. The molecular weight excluding hydrogens is 316 g/mol. The van der Waals surface area contributed by atoms with E-state index in [2.05, 4.69) is 15.5 Å². The van der Waals surface area contributed by atoms with Gasteiger partial charge in [0.1, 0.15) is 0 Å². The Balaban J connectivity index is 1.64. The molecule has 2 N–H and O–H groups in total. The standard InChI is InChI=1S/C19H28N4O2/c1-13-4-7-17(21-19(25)22(2)3)16(10-13)18(24)20-15-8-9-23(12-15)11-14-5-6-14/h4,7,10,14-15H,5-6,8-9,11-12H2,1-3H3,(H,20,24)(H,21,25)/t15-/m0/s1. The van der Waals surface area contributed by atoms with Gasteiger partial charge >= 0.3 is 6.03 Å². The van der Waals surface area contributed by atoms with Gasteiger partial charge in [0.2, 0.25) is 0 Å². The van der Waals surface area contributed by atoms with Crippen LogP contribution in [0.2, 0.25) is 0 Å². The number of nitrogens with one attached hydrogen (secondary N) is 2. The summed E-state index contributed by atoms with van der Waals surface area (Å²) < 4.78 is 0. The maximum absolute atomic E-state index is 12.8. The predicted molar refractivity (Wildman–Crippen MR) is 98.9 cm³/mol. The molecule has 6 nitrogen and oxygen atoms in total. The minimum atomic E-state index is -0.241. The monoisotopic (exact) mass is 344 g/mol. The molecule has 136 valence electrons. The Morgan fingerprint density at radius 1 is 1.24 bits per heavy atom. The fraction of sp³-hybridized carbons (Fsp3) is 0.579. The molecule has 1 aromatic rings. The molecule has 3 rings (SSSR count). The lowest BCUT2D eigenvalue weighted by atomic mass is 10.1. The number of urea groups is 1. The number of carbonyl (C=O) groups is 2. The largest absolute Gasteiger partial charge is 0.348 e. The van der Waals surface area contributed by atoms with Gasteiger partial charge in [-0.1, -0.05) is 11.6 Å². The predicted octanol–water partition coefficient (Wildman–Crippen LogP) is 2.30. The van der Waals surface area contributed by atoms with Crippen molar-refractivity contribution in [2.24, 2.45) is 5.92 Å². The SMILES string of the molecule is Cc1ccc(NC(=O)N(C)C)c(C(=O)N[C@H]2CCN(CC3CC3)C2)c1. The highest BCUT2D eigenvalue weighted by molar-refractivity contribution is 6.03. The first kappa shape index (κ1) is 17.7. The van der Waals surface area contributed by atoms with Gasteiger partial charge in [0.05, 0.1) is 11.3 Å². The van der Waals surface area contributed by atoms with Crippen LogP contribution in [-0.4, -0.2) is 61.5 Å². The van der Waals surface area contributed by atoms with Crippen LogP contribution in [-0.2, 0) is 0 Å². The van der Waals surface area contributed by atoms with E-state index in [0.717, 1.165) is 31.0 Å². The maximum Gasteiger partial charge on any atom is 0.321 e. The van der Waals surface area contributed by atoms with Crippen LogP contribution in [0.3, 0.4) is 0 Å².